The van der Waals surface area contributed by atoms with Gasteiger partial charge < -0.3 is 29.2 Å². The minimum Gasteiger partial charge on any atom is -0.466 e. The number of unbranched alkanes of at least 4 members (excludes halogenated alkanes) is 4. The van der Waals surface area contributed by atoms with E-state index in [1.165, 1.54) is 48.5 Å². The van der Waals surface area contributed by atoms with Gasteiger partial charge in [-0.15, -0.1) is 0 Å². The Hall–Kier alpha value is -7.46. The quantitative estimate of drug-likeness (QED) is 0.0195. The molecule has 10 aromatic carbocycles. The summed E-state index contributed by atoms with van der Waals surface area (Å²) in [6.45, 7) is 0.990. The van der Waals surface area contributed by atoms with Crippen LogP contribution in [0, 0.1) is 0 Å². The Morgan fingerprint density at radius 3 is 1.02 bits per heavy atom. The van der Waals surface area contributed by atoms with Gasteiger partial charge in [-0.05, 0) is 106 Å². The molecule has 15 rings (SSSR count). The van der Waals surface area contributed by atoms with E-state index in [-0.39, 0.29) is 136 Å². The first-order valence-corrected chi connectivity index (χ1v) is 32.9. The number of ether oxygens (including phenoxy) is 4. The number of nitrogens with zero attached hydrogens (tertiary/aromatic N) is 2. The largest absolute Gasteiger partial charge is 0.466 e. The zero-order chi connectivity index (χ0) is 66.6. The number of halogens is 8. The second kappa shape index (κ2) is 25.6. The number of aliphatic hydroxyl groups is 2. The van der Waals surface area contributed by atoms with Crippen LogP contribution in [0.1, 0.15) is 160 Å². The van der Waals surface area contributed by atoms with Crippen LogP contribution in [-0.2, 0) is 28.5 Å². The average Bonchev–Trinajstić information content (AvgIpc) is 0.686. The molecule has 0 unspecified atom stereocenters. The van der Waals surface area contributed by atoms with Crippen molar-refractivity contribution in [3.8, 4) is 0 Å². The summed E-state index contributed by atoms with van der Waals surface area (Å²) in [6, 6.07) is 11.6. The van der Waals surface area contributed by atoms with Gasteiger partial charge in [0, 0.05) is 166 Å². The van der Waals surface area contributed by atoms with Gasteiger partial charge in [0.15, 0.2) is 0 Å². The van der Waals surface area contributed by atoms with Crippen LogP contribution in [0.25, 0.3) is 86.2 Å². The topological polar surface area (TPSA) is 255 Å². The highest BCUT2D eigenvalue weighted by atomic mass is 35.5. The number of imide groups is 2. The summed E-state index contributed by atoms with van der Waals surface area (Å²) < 4.78 is 19.9. The molecule has 0 saturated carbocycles. The van der Waals surface area contributed by atoms with Crippen LogP contribution in [0.15, 0.2) is 48.5 Å². The number of esters is 6. The van der Waals surface area contributed by atoms with Crippen LogP contribution in [0.5, 0.6) is 0 Å². The molecule has 0 bridgehead atoms. The van der Waals surface area contributed by atoms with E-state index in [0.717, 1.165) is 35.5 Å². The van der Waals surface area contributed by atoms with Gasteiger partial charge in [0.25, 0.3) is 23.6 Å². The zero-order valence-corrected chi connectivity index (χ0v) is 54.9. The van der Waals surface area contributed by atoms with Crippen molar-refractivity contribution in [3.05, 3.63) is 133 Å². The Bertz CT molecular complexity index is 4860. The van der Waals surface area contributed by atoms with E-state index in [9.17, 15) is 47.9 Å². The molecule has 1 saturated heterocycles. The van der Waals surface area contributed by atoms with E-state index < -0.39 is 47.5 Å². The molecule has 94 heavy (non-hydrogen) atoms. The third-order valence-corrected chi connectivity index (χ3v) is 19.9. The summed E-state index contributed by atoms with van der Waals surface area (Å²) >= 11 is 54.8. The number of hydrogen-bond donors (Lipinski definition) is 2. The van der Waals surface area contributed by atoms with E-state index in [4.69, 9.17) is 122 Å². The highest BCUT2D eigenvalue weighted by molar-refractivity contribution is 6.58. The third-order valence-electron chi connectivity index (χ3n) is 17.5. The molecule has 0 aromatic heterocycles. The molecule has 1 fully saturated rings. The molecule has 5 aliphatic rings. The summed E-state index contributed by atoms with van der Waals surface area (Å²) in [5.74, 6) is -5.91. The lowest BCUT2D eigenvalue weighted by atomic mass is 9.82. The van der Waals surface area contributed by atoms with E-state index in [1.807, 2.05) is 0 Å². The van der Waals surface area contributed by atoms with Crippen LogP contribution in [0.2, 0.25) is 40.2 Å². The van der Waals surface area contributed by atoms with Gasteiger partial charge in [-0.2, -0.15) is 0 Å². The van der Waals surface area contributed by atoms with Crippen molar-refractivity contribution >= 4 is 238 Å². The SMILES string of the molecule is O=C(CCCCCO)OCCCCN1C(=O)c2cc(Cl)c3c4c(Cl)cc5c6c(cc(Cl)c(c7c(Cl)cc(c2c37)C1=O)c64)C(=O)OC5=O.O=C1CCCCCO1.O=C1OC(=O)c2cc(Cl)c3c4c(Cl)cc5c6c(cc(Cl)c(c7c(Cl)cc1c2c73)c64)C(=O)N(CCCCO)C5=O. The van der Waals surface area contributed by atoms with Crippen molar-refractivity contribution in [3.63, 3.8) is 0 Å². The first-order valence-electron chi connectivity index (χ1n) is 29.8. The fourth-order valence-corrected chi connectivity index (χ4v) is 15.9. The van der Waals surface area contributed by atoms with Crippen molar-refractivity contribution in [2.24, 2.45) is 0 Å². The molecule has 26 heteroatoms. The van der Waals surface area contributed by atoms with Crippen LogP contribution in [-0.4, -0.2) is 119 Å². The van der Waals surface area contributed by atoms with Crippen molar-refractivity contribution in [2.75, 3.05) is 39.5 Å². The first kappa shape index (κ1) is 65.2. The minimum absolute atomic E-state index is 0.0255. The van der Waals surface area contributed by atoms with Gasteiger partial charge in [-0.3, -0.25) is 38.6 Å². The first-order chi connectivity index (χ1) is 45.1. The molecule has 4 amide bonds. The Labute approximate surface area is 571 Å². The molecule has 0 aliphatic carbocycles. The van der Waals surface area contributed by atoms with Gasteiger partial charge in [0.05, 0.1) is 57.7 Å². The van der Waals surface area contributed by atoms with Crippen LogP contribution >= 0.6 is 92.8 Å². The third kappa shape index (κ3) is 10.5. The van der Waals surface area contributed by atoms with Crippen molar-refractivity contribution in [1.82, 2.24) is 9.80 Å². The maximum atomic E-state index is 13.9. The van der Waals surface area contributed by atoms with Crippen LogP contribution in [0.3, 0.4) is 0 Å². The average molecular weight is 1430 g/mol. The van der Waals surface area contributed by atoms with Gasteiger partial charge >= 0.3 is 35.8 Å². The molecule has 2 N–H and O–H groups in total. The van der Waals surface area contributed by atoms with Crippen LogP contribution < -0.4 is 0 Å². The van der Waals surface area contributed by atoms with Crippen molar-refractivity contribution in [2.45, 2.75) is 77.0 Å². The highest BCUT2D eigenvalue weighted by Crippen LogP contribution is 2.56. The summed E-state index contributed by atoms with van der Waals surface area (Å²) in [5, 5.41) is 25.3. The number of carbonyl (C=O) groups is 10. The number of rotatable bonds is 14. The molecule has 18 nitrogen and oxygen atoms in total. The Kier molecular flexibility index (Phi) is 17.8. The number of amides is 4. The van der Waals surface area contributed by atoms with E-state index >= 15 is 0 Å². The molecule has 0 atom stereocenters. The second-order valence-corrected chi connectivity index (χ2v) is 26.3. The van der Waals surface area contributed by atoms with Gasteiger partial charge in [0.1, 0.15) is 0 Å². The monoisotopic (exact) mass is 1430 g/mol. The maximum Gasteiger partial charge on any atom is 0.346 e. The normalized spacial score (nSPS) is 15.3. The number of fused-ring (bicyclic) bond motifs is 4. The second-order valence-electron chi connectivity index (χ2n) is 23.0. The Morgan fingerprint density at radius 2 is 0.681 bits per heavy atom. The molecule has 10 aromatic rings. The van der Waals surface area contributed by atoms with Crippen LogP contribution in [0.4, 0.5) is 0 Å². The molecule has 5 aliphatic heterocycles. The standard InChI is InChI=1S/C34H23Cl4NO8.C28H13Cl4NO6.C6H10O2/c35-18-10-14-23-15(32(43)39(31(14)42)7-3-5-9-46-22(41)6-2-1-4-8-40)11-19(36)26-28-21(38)13-17-24-16(33(44)47-34(17)45)12-20(37)27(30(24)28)25(18)29(23)26;29-13-5-9-17-10(26(36)33(25(9)35)3-1-2-4-34)6-14(30)20-22-16(32)8-12-18-11(27(37)39-28(12)38)7-15(31)21(24(18)22)19(13)23(17)20;7-6-4-2-1-3-5-8-6/h10-13,40H,1-9H2;5-8,34H,1-4H2;1-5H2. The van der Waals surface area contributed by atoms with Crippen molar-refractivity contribution in [1.29, 1.82) is 0 Å². The Balaban J connectivity index is 0.000000154. The number of hydrogen-bond acceptors (Lipinski definition) is 16. The van der Waals surface area contributed by atoms with Gasteiger partial charge in [-0.25, -0.2) is 19.2 Å². The smallest absolute Gasteiger partial charge is 0.346 e. The predicted molar refractivity (Wildman–Crippen MR) is 357 cm³/mol. The molecule has 0 spiro atoms. The molecule has 480 valence electrons. The number of aliphatic hydroxyl groups excluding tert-OH is 2. The predicted octanol–water partition coefficient (Wildman–Crippen LogP) is 16.3. The van der Waals surface area contributed by atoms with E-state index in [2.05, 4.69) is 0 Å². The molecular weight excluding hydrogens is 1380 g/mol. The fourth-order valence-electron chi connectivity index (χ4n) is 13.5. The minimum atomic E-state index is -0.860. The summed E-state index contributed by atoms with van der Waals surface area (Å²) in [6.07, 6.45) is 7.76. The highest BCUT2D eigenvalue weighted by Gasteiger charge is 2.41. The number of benzene rings is 10. The molecule has 5 heterocycles. The summed E-state index contributed by atoms with van der Waals surface area (Å²) in [4.78, 5) is 130. The lowest BCUT2D eigenvalue weighted by Crippen LogP contribution is -2.41. The summed E-state index contributed by atoms with van der Waals surface area (Å²) in [7, 11) is 0. The lowest BCUT2D eigenvalue weighted by Gasteiger charge is -2.30. The zero-order valence-electron chi connectivity index (χ0n) is 48.9. The Morgan fingerprint density at radius 1 is 0.372 bits per heavy atom. The maximum absolute atomic E-state index is 13.9. The van der Waals surface area contributed by atoms with Crippen molar-refractivity contribution < 1.29 is 77.1 Å². The number of cyclic esters (lactones) is 5. The fraction of sp³-hybridized carbons (Fsp3) is 0.265. The lowest BCUT2D eigenvalue weighted by molar-refractivity contribution is -0.144. The molecular formula is C68H46Cl8N2O16. The summed E-state index contributed by atoms with van der Waals surface area (Å²) in [5.41, 5.74) is 1.16. The van der Waals surface area contributed by atoms with Gasteiger partial charge in [-0.1, -0.05) is 99.2 Å². The number of carbonyl (C=O) groups excluding carboxylic acids is 10. The van der Waals surface area contributed by atoms with E-state index in [0.29, 0.717) is 138 Å². The molecule has 0 radical (unpaired) electrons. The van der Waals surface area contributed by atoms with Gasteiger partial charge in [0.2, 0.25) is 0 Å². The van der Waals surface area contributed by atoms with E-state index in [1.54, 1.807) is 0 Å².